The third-order valence-corrected chi connectivity index (χ3v) is 5.28. The Morgan fingerprint density at radius 3 is 2.52 bits per heavy atom. The van der Waals surface area contributed by atoms with Gasteiger partial charge in [0.25, 0.3) is 0 Å². The van der Waals surface area contributed by atoms with Crippen LogP contribution in [0, 0.1) is 0 Å². The minimum Gasteiger partial charge on any atom is -0.368 e. The molecule has 0 radical (unpaired) electrons. The van der Waals surface area contributed by atoms with E-state index in [0.717, 1.165) is 0 Å². The number of nitrogens with zero attached hydrogens (tertiary/aromatic N) is 2. The first-order valence-corrected chi connectivity index (χ1v) is 8.93. The standard InChI is InChI=1S/C17H16N4O3S/c1-10(22)16-13-9-11(7-8-14(13)20-17(18)21-16)12-5-3-4-6-15(12)25(23,24)19-2/h3-9,19H,1-2H3,(H2,18,20,21). The highest BCUT2D eigenvalue weighted by Crippen LogP contribution is 2.30. The molecule has 0 fully saturated rings. The Labute approximate surface area is 145 Å². The van der Waals surface area contributed by atoms with Crippen LogP contribution >= 0.6 is 0 Å². The third-order valence-electron chi connectivity index (χ3n) is 3.80. The van der Waals surface area contributed by atoms with Crippen LogP contribution in [-0.4, -0.2) is 31.2 Å². The molecule has 8 heteroatoms. The minimum absolute atomic E-state index is 0.0172. The number of carbonyl (C=O) groups is 1. The summed E-state index contributed by atoms with van der Waals surface area (Å²) in [6.07, 6.45) is 0. The van der Waals surface area contributed by atoms with Gasteiger partial charge in [0.2, 0.25) is 16.0 Å². The first-order chi connectivity index (χ1) is 11.8. The fourth-order valence-electron chi connectivity index (χ4n) is 2.63. The number of fused-ring (bicyclic) bond motifs is 1. The van der Waals surface area contributed by atoms with Gasteiger partial charge >= 0.3 is 0 Å². The van der Waals surface area contributed by atoms with Gasteiger partial charge in [-0.15, -0.1) is 0 Å². The van der Waals surface area contributed by atoms with Crippen molar-refractivity contribution in [2.75, 3.05) is 12.8 Å². The summed E-state index contributed by atoms with van der Waals surface area (Å²) in [4.78, 5) is 20.2. The lowest BCUT2D eigenvalue weighted by atomic mass is 10.0. The molecule has 3 rings (SSSR count). The SMILES string of the molecule is CNS(=O)(=O)c1ccccc1-c1ccc2nc(N)nc(C(C)=O)c2c1. The van der Waals surface area contributed by atoms with Crippen molar-refractivity contribution in [3.63, 3.8) is 0 Å². The van der Waals surface area contributed by atoms with Crippen LogP contribution in [0.15, 0.2) is 47.4 Å². The molecule has 3 aromatic rings. The fourth-order valence-corrected chi connectivity index (χ4v) is 3.58. The molecule has 0 bridgehead atoms. The molecule has 7 nitrogen and oxygen atoms in total. The average molecular weight is 356 g/mol. The van der Waals surface area contributed by atoms with Crippen molar-refractivity contribution in [3.8, 4) is 11.1 Å². The molecule has 0 aliphatic carbocycles. The molecule has 25 heavy (non-hydrogen) atoms. The normalized spacial score (nSPS) is 11.6. The van der Waals surface area contributed by atoms with E-state index in [1.165, 1.54) is 20.0 Å². The van der Waals surface area contributed by atoms with Crippen LogP contribution in [0.5, 0.6) is 0 Å². The van der Waals surface area contributed by atoms with Gasteiger partial charge in [-0.2, -0.15) is 0 Å². The van der Waals surface area contributed by atoms with E-state index in [9.17, 15) is 13.2 Å². The average Bonchev–Trinajstić information content (AvgIpc) is 2.60. The molecule has 0 atom stereocenters. The summed E-state index contributed by atoms with van der Waals surface area (Å²) < 4.78 is 26.9. The minimum atomic E-state index is -3.63. The number of benzene rings is 2. The molecule has 0 unspecified atom stereocenters. The maximum absolute atomic E-state index is 12.3. The number of anilines is 1. The predicted molar refractivity (Wildman–Crippen MR) is 95.6 cm³/mol. The Morgan fingerprint density at radius 1 is 1.12 bits per heavy atom. The van der Waals surface area contributed by atoms with Gasteiger partial charge in [-0.3, -0.25) is 4.79 Å². The Hall–Kier alpha value is -2.84. The quantitative estimate of drug-likeness (QED) is 0.691. The zero-order chi connectivity index (χ0) is 18.2. The molecule has 1 heterocycles. The molecule has 0 spiro atoms. The van der Waals surface area contributed by atoms with E-state index in [1.807, 2.05) is 0 Å². The Balaban J connectivity index is 2.31. The van der Waals surface area contributed by atoms with Gasteiger partial charge in [0, 0.05) is 17.9 Å². The molecule has 0 aliphatic heterocycles. The Kier molecular flexibility index (Phi) is 4.23. The summed E-state index contributed by atoms with van der Waals surface area (Å²) in [6, 6.07) is 11.8. The number of ketones is 1. The number of nitrogens with two attached hydrogens (primary N) is 1. The topological polar surface area (TPSA) is 115 Å². The lowest BCUT2D eigenvalue weighted by Crippen LogP contribution is -2.19. The second-order valence-corrected chi connectivity index (χ2v) is 7.28. The summed E-state index contributed by atoms with van der Waals surface area (Å²) in [5.74, 6) is -0.226. The molecule has 128 valence electrons. The number of Topliss-reactive ketones (excluding diaryl/α,β-unsaturated/α-hetero) is 1. The van der Waals surface area contributed by atoms with Gasteiger partial charge < -0.3 is 5.73 Å². The molecule has 0 saturated carbocycles. The highest BCUT2D eigenvalue weighted by Gasteiger charge is 2.18. The van der Waals surface area contributed by atoms with Gasteiger partial charge in [0.05, 0.1) is 10.4 Å². The molecular formula is C17H16N4O3S. The van der Waals surface area contributed by atoms with Crippen LogP contribution in [0.25, 0.3) is 22.0 Å². The number of aromatic nitrogens is 2. The van der Waals surface area contributed by atoms with Crippen LogP contribution in [-0.2, 0) is 10.0 Å². The summed E-state index contributed by atoms with van der Waals surface area (Å²) in [7, 11) is -2.27. The number of nitrogens with one attached hydrogen (secondary N) is 1. The van der Waals surface area contributed by atoms with Gasteiger partial charge in [-0.25, -0.2) is 23.1 Å². The Bertz CT molecular complexity index is 1090. The zero-order valence-electron chi connectivity index (χ0n) is 13.6. The maximum atomic E-state index is 12.3. The van der Waals surface area contributed by atoms with E-state index in [0.29, 0.717) is 22.0 Å². The van der Waals surface area contributed by atoms with Crippen molar-refractivity contribution in [3.05, 3.63) is 48.2 Å². The predicted octanol–water partition coefficient (Wildman–Crippen LogP) is 1.99. The number of hydrogen-bond donors (Lipinski definition) is 2. The zero-order valence-corrected chi connectivity index (χ0v) is 14.5. The summed E-state index contributed by atoms with van der Waals surface area (Å²) in [5, 5.41) is 0.524. The summed E-state index contributed by atoms with van der Waals surface area (Å²) in [5.41, 5.74) is 7.53. The van der Waals surface area contributed by atoms with Crippen LogP contribution in [0.2, 0.25) is 0 Å². The first kappa shape index (κ1) is 17.0. The monoisotopic (exact) mass is 356 g/mol. The number of carbonyl (C=O) groups excluding carboxylic acids is 1. The van der Waals surface area contributed by atoms with Gasteiger partial charge in [-0.1, -0.05) is 24.3 Å². The fraction of sp³-hybridized carbons (Fsp3) is 0.118. The Morgan fingerprint density at radius 2 is 1.84 bits per heavy atom. The lowest BCUT2D eigenvalue weighted by molar-refractivity contribution is 0.101. The van der Waals surface area contributed by atoms with E-state index < -0.39 is 10.0 Å². The molecule has 3 N–H and O–H groups in total. The molecule has 2 aromatic carbocycles. The van der Waals surface area contributed by atoms with Gasteiger partial charge in [0.1, 0.15) is 5.69 Å². The van der Waals surface area contributed by atoms with Crippen molar-refractivity contribution in [2.24, 2.45) is 0 Å². The summed E-state index contributed by atoms with van der Waals surface area (Å²) >= 11 is 0. The van der Waals surface area contributed by atoms with Crippen molar-refractivity contribution >= 4 is 32.7 Å². The van der Waals surface area contributed by atoms with Crippen LogP contribution in [0.4, 0.5) is 5.95 Å². The largest absolute Gasteiger partial charge is 0.368 e. The number of rotatable bonds is 4. The maximum Gasteiger partial charge on any atom is 0.240 e. The second kappa shape index (κ2) is 6.23. The van der Waals surface area contributed by atoms with E-state index in [1.54, 1.807) is 36.4 Å². The first-order valence-electron chi connectivity index (χ1n) is 7.44. The molecule has 0 amide bonds. The van der Waals surface area contributed by atoms with E-state index >= 15 is 0 Å². The molecular weight excluding hydrogens is 340 g/mol. The van der Waals surface area contributed by atoms with Crippen LogP contribution in [0.3, 0.4) is 0 Å². The number of sulfonamides is 1. The third kappa shape index (κ3) is 3.09. The van der Waals surface area contributed by atoms with Crippen molar-refractivity contribution in [2.45, 2.75) is 11.8 Å². The second-order valence-electron chi connectivity index (χ2n) is 5.42. The van der Waals surface area contributed by atoms with Crippen molar-refractivity contribution < 1.29 is 13.2 Å². The van der Waals surface area contributed by atoms with Gasteiger partial charge in [0.15, 0.2) is 5.78 Å². The lowest BCUT2D eigenvalue weighted by Gasteiger charge is -2.11. The smallest absolute Gasteiger partial charge is 0.240 e. The van der Waals surface area contributed by atoms with E-state index in [2.05, 4.69) is 14.7 Å². The molecule has 1 aromatic heterocycles. The van der Waals surface area contributed by atoms with Crippen LogP contribution < -0.4 is 10.5 Å². The van der Waals surface area contributed by atoms with Crippen molar-refractivity contribution in [1.82, 2.24) is 14.7 Å². The molecule has 0 aliphatic rings. The highest BCUT2D eigenvalue weighted by atomic mass is 32.2. The number of nitrogen functional groups attached to an aromatic ring is 1. The number of hydrogen-bond acceptors (Lipinski definition) is 6. The van der Waals surface area contributed by atoms with Crippen LogP contribution in [0.1, 0.15) is 17.4 Å². The van der Waals surface area contributed by atoms with Gasteiger partial charge in [-0.05, 0) is 30.8 Å². The molecule has 0 saturated heterocycles. The van der Waals surface area contributed by atoms with E-state index in [-0.39, 0.29) is 22.3 Å². The summed E-state index contributed by atoms with van der Waals surface area (Å²) in [6.45, 7) is 1.40. The van der Waals surface area contributed by atoms with E-state index in [4.69, 9.17) is 5.73 Å². The highest BCUT2D eigenvalue weighted by molar-refractivity contribution is 7.89. The van der Waals surface area contributed by atoms with Crippen molar-refractivity contribution in [1.29, 1.82) is 0 Å².